The first-order chi connectivity index (χ1) is 8.89. The largest absolute Gasteiger partial charge is 0.480 e. The zero-order valence-electron chi connectivity index (χ0n) is 12.5. The number of hydrogen-bond donors (Lipinski definition) is 2. The maximum absolute atomic E-state index is 12.0. The zero-order chi connectivity index (χ0) is 14.1. The van der Waals surface area contributed by atoms with Gasteiger partial charge in [0.15, 0.2) is 0 Å². The first-order valence-corrected chi connectivity index (χ1v) is 7.91. The van der Waals surface area contributed by atoms with E-state index in [9.17, 15) is 9.90 Å². The summed E-state index contributed by atoms with van der Waals surface area (Å²) in [7, 11) is 0. The number of carboxylic acid groups (broad SMARTS) is 1. The summed E-state index contributed by atoms with van der Waals surface area (Å²) in [5.74, 6) is -0.477. The van der Waals surface area contributed by atoms with Gasteiger partial charge in [0.25, 0.3) is 0 Å². The molecule has 110 valence electrons. The van der Waals surface area contributed by atoms with Crippen LogP contribution < -0.4 is 5.73 Å². The van der Waals surface area contributed by atoms with Gasteiger partial charge in [0.1, 0.15) is 5.54 Å². The fourth-order valence-electron chi connectivity index (χ4n) is 4.57. The topological polar surface area (TPSA) is 63.3 Å². The standard InChI is InChI=1S/C16H29NO2/c1-15(2)11-7-6-10-13(15)16(17,14(18)19)12-8-4-3-5-9-12/h12-13H,3-11,17H2,1-2H3,(H,18,19)/t13-,16?/m0/s1. The Morgan fingerprint density at radius 1 is 1.11 bits per heavy atom. The molecule has 2 atom stereocenters. The van der Waals surface area contributed by atoms with Gasteiger partial charge in [-0.15, -0.1) is 0 Å². The third-order valence-electron chi connectivity index (χ3n) is 5.73. The molecule has 0 bridgehead atoms. The predicted molar refractivity (Wildman–Crippen MR) is 76.9 cm³/mol. The van der Waals surface area contributed by atoms with Crippen molar-refractivity contribution in [2.75, 3.05) is 0 Å². The normalized spacial score (nSPS) is 31.6. The van der Waals surface area contributed by atoms with Crippen LogP contribution in [0.3, 0.4) is 0 Å². The maximum Gasteiger partial charge on any atom is 0.324 e. The summed E-state index contributed by atoms with van der Waals surface area (Å²) < 4.78 is 0. The van der Waals surface area contributed by atoms with E-state index in [0.29, 0.717) is 0 Å². The molecule has 3 heteroatoms. The van der Waals surface area contributed by atoms with Gasteiger partial charge in [-0.2, -0.15) is 0 Å². The number of nitrogens with two attached hydrogens (primary N) is 1. The van der Waals surface area contributed by atoms with E-state index < -0.39 is 11.5 Å². The van der Waals surface area contributed by atoms with Crippen molar-refractivity contribution in [3.05, 3.63) is 0 Å². The van der Waals surface area contributed by atoms with E-state index >= 15 is 0 Å². The van der Waals surface area contributed by atoms with Crippen LogP contribution in [0.15, 0.2) is 0 Å². The Labute approximate surface area is 116 Å². The van der Waals surface area contributed by atoms with Crippen molar-refractivity contribution in [3.8, 4) is 0 Å². The van der Waals surface area contributed by atoms with Crippen LogP contribution in [0.4, 0.5) is 0 Å². The van der Waals surface area contributed by atoms with E-state index in [4.69, 9.17) is 5.73 Å². The average molecular weight is 267 g/mol. The van der Waals surface area contributed by atoms with Gasteiger partial charge >= 0.3 is 5.97 Å². The highest BCUT2D eigenvalue weighted by molar-refractivity contribution is 5.79. The Hall–Kier alpha value is -0.570. The quantitative estimate of drug-likeness (QED) is 0.821. The second-order valence-electron chi connectivity index (χ2n) is 7.36. The third kappa shape index (κ3) is 2.67. The monoisotopic (exact) mass is 267 g/mol. The molecule has 0 aromatic carbocycles. The van der Waals surface area contributed by atoms with E-state index in [-0.39, 0.29) is 17.3 Å². The van der Waals surface area contributed by atoms with Gasteiger partial charge in [0.05, 0.1) is 0 Å². The van der Waals surface area contributed by atoms with Crippen molar-refractivity contribution in [1.29, 1.82) is 0 Å². The van der Waals surface area contributed by atoms with Crippen LogP contribution >= 0.6 is 0 Å². The molecule has 1 unspecified atom stereocenters. The molecule has 2 fully saturated rings. The van der Waals surface area contributed by atoms with Gasteiger partial charge in [-0.25, -0.2) is 0 Å². The molecule has 3 nitrogen and oxygen atoms in total. The van der Waals surface area contributed by atoms with Crippen LogP contribution in [-0.2, 0) is 4.79 Å². The summed E-state index contributed by atoms with van der Waals surface area (Å²) in [5.41, 5.74) is 5.62. The lowest BCUT2D eigenvalue weighted by molar-refractivity contribution is -0.153. The summed E-state index contributed by atoms with van der Waals surface area (Å²) in [6.45, 7) is 4.43. The number of carboxylic acids is 1. The molecule has 0 saturated heterocycles. The first kappa shape index (κ1) is 14.8. The number of rotatable bonds is 3. The Morgan fingerprint density at radius 3 is 2.21 bits per heavy atom. The van der Waals surface area contributed by atoms with Gasteiger partial charge < -0.3 is 10.8 Å². The summed E-state index contributed by atoms with van der Waals surface area (Å²) in [5, 5.41) is 9.84. The molecule has 0 aliphatic heterocycles. The molecule has 0 heterocycles. The van der Waals surface area contributed by atoms with Gasteiger partial charge in [-0.1, -0.05) is 46.0 Å². The molecule has 2 aliphatic carbocycles. The lowest BCUT2D eigenvalue weighted by Gasteiger charge is -2.50. The Morgan fingerprint density at radius 2 is 1.68 bits per heavy atom. The summed E-state index contributed by atoms with van der Waals surface area (Å²) in [6.07, 6.45) is 9.94. The van der Waals surface area contributed by atoms with Crippen molar-refractivity contribution in [2.24, 2.45) is 23.0 Å². The average Bonchev–Trinajstić information content (AvgIpc) is 2.38. The summed E-state index contributed by atoms with van der Waals surface area (Å²) in [6, 6.07) is 0. The van der Waals surface area contributed by atoms with Gasteiger partial charge in [0, 0.05) is 0 Å². The highest BCUT2D eigenvalue weighted by atomic mass is 16.4. The van der Waals surface area contributed by atoms with Gasteiger partial charge in [-0.05, 0) is 42.9 Å². The van der Waals surface area contributed by atoms with E-state index in [1.165, 1.54) is 12.8 Å². The van der Waals surface area contributed by atoms with E-state index in [0.717, 1.165) is 44.9 Å². The van der Waals surface area contributed by atoms with Crippen LogP contribution in [0, 0.1) is 17.3 Å². The molecule has 2 rings (SSSR count). The lowest BCUT2D eigenvalue weighted by Crippen LogP contribution is -2.63. The van der Waals surface area contributed by atoms with Crippen molar-refractivity contribution in [3.63, 3.8) is 0 Å². The van der Waals surface area contributed by atoms with Crippen LogP contribution in [0.25, 0.3) is 0 Å². The molecular formula is C16H29NO2. The van der Waals surface area contributed by atoms with Crippen molar-refractivity contribution < 1.29 is 9.90 Å². The fourth-order valence-corrected chi connectivity index (χ4v) is 4.57. The fraction of sp³-hybridized carbons (Fsp3) is 0.938. The number of hydrogen-bond acceptors (Lipinski definition) is 2. The summed E-state index contributed by atoms with van der Waals surface area (Å²) >= 11 is 0. The van der Waals surface area contributed by atoms with Gasteiger partial charge in [0.2, 0.25) is 0 Å². The van der Waals surface area contributed by atoms with Crippen LogP contribution in [0.1, 0.15) is 71.6 Å². The van der Waals surface area contributed by atoms with Crippen molar-refractivity contribution in [2.45, 2.75) is 77.2 Å². The molecule has 0 aromatic rings. The minimum atomic E-state index is -1.01. The maximum atomic E-state index is 12.0. The summed E-state index contributed by atoms with van der Waals surface area (Å²) in [4.78, 5) is 12.0. The SMILES string of the molecule is CC1(C)CCCC[C@@H]1C(N)(C(=O)O)C1CCCCC1. The zero-order valence-corrected chi connectivity index (χ0v) is 12.5. The van der Waals surface area contributed by atoms with Crippen LogP contribution in [0.5, 0.6) is 0 Å². The molecule has 2 aliphatic rings. The minimum Gasteiger partial charge on any atom is -0.480 e. The molecule has 2 saturated carbocycles. The third-order valence-corrected chi connectivity index (χ3v) is 5.73. The molecule has 0 aromatic heterocycles. The Kier molecular flexibility index (Phi) is 4.24. The lowest BCUT2D eigenvalue weighted by atomic mass is 9.56. The van der Waals surface area contributed by atoms with E-state index in [1.54, 1.807) is 0 Å². The van der Waals surface area contributed by atoms with Crippen molar-refractivity contribution in [1.82, 2.24) is 0 Å². The Balaban J connectivity index is 2.29. The van der Waals surface area contributed by atoms with E-state index in [2.05, 4.69) is 13.8 Å². The smallest absolute Gasteiger partial charge is 0.324 e. The van der Waals surface area contributed by atoms with Crippen molar-refractivity contribution >= 4 is 5.97 Å². The van der Waals surface area contributed by atoms with Crippen LogP contribution in [0.2, 0.25) is 0 Å². The molecule has 0 amide bonds. The molecule has 0 spiro atoms. The minimum absolute atomic E-state index is 0.0584. The molecule has 19 heavy (non-hydrogen) atoms. The molecule has 3 N–H and O–H groups in total. The predicted octanol–water partition coefficient (Wildman–Crippen LogP) is 3.57. The first-order valence-electron chi connectivity index (χ1n) is 7.91. The van der Waals surface area contributed by atoms with Gasteiger partial charge in [-0.3, -0.25) is 4.79 Å². The second-order valence-corrected chi connectivity index (χ2v) is 7.36. The van der Waals surface area contributed by atoms with E-state index in [1.807, 2.05) is 0 Å². The number of aliphatic carboxylic acids is 1. The Bertz CT molecular complexity index is 334. The molecular weight excluding hydrogens is 238 g/mol. The molecule has 0 radical (unpaired) electrons. The highest BCUT2D eigenvalue weighted by Crippen LogP contribution is 2.49. The highest BCUT2D eigenvalue weighted by Gasteiger charge is 2.54. The second kappa shape index (κ2) is 5.43. The number of carbonyl (C=O) groups is 1. The van der Waals surface area contributed by atoms with Crippen LogP contribution in [-0.4, -0.2) is 16.6 Å².